The molecule has 1 aromatic carbocycles. The van der Waals surface area contributed by atoms with Crippen molar-refractivity contribution in [1.29, 1.82) is 0 Å². The molecule has 0 aliphatic carbocycles. The Labute approximate surface area is 192 Å². The smallest absolute Gasteiger partial charge is 0.496 e. The lowest BCUT2D eigenvalue weighted by molar-refractivity contribution is -0.0494. The third-order valence-corrected chi connectivity index (χ3v) is 6.46. The summed E-state index contributed by atoms with van der Waals surface area (Å²) in [5.74, 6) is 1.35. The van der Waals surface area contributed by atoms with Crippen LogP contribution < -0.4 is 15.4 Å². The van der Waals surface area contributed by atoms with Crippen LogP contribution in [-0.2, 0) is 16.4 Å². The van der Waals surface area contributed by atoms with E-state index in [1.165, 1.54) is 0 Å². The van der Waals surface area contributed by atoms with Gasteiger partial charge in [-0.3, -0.25) is 4.99 Å². The average Bonchev–Trinajstić information content (AvgIpc) is 2.68. The van der Waals surface area contributed by atoms with Crippen LogP contribution in [0.25, 0.3) is 0 Å². The highest BCUT2D eigenvalue weighted by Crippen LogP contribution is 2.29. The Morgan fingerprint density at radius 1 is 1.30 bits per heavy atom. The molecule has 1 saturated heterocycles. The minimum atomic E-state index is -5.26. The number of hydrogen-bond donors (Lipinski definition) is 2. The van der Waals surface area contributed by atoms with E-state index >= 15 is 0 Å². The molecule has 1 aromatic rings. The molecule has 7 nitrogen and oxygen atoms in total. The molecular formula is C18H28F3IN4O3S. The number of halogens is 4. The molecule has 1 heterocycles. The summed E-state index contributed by atoms with van der Waals surface area (Å²) >= 11 is 0. The van der Waals surface area contributed by atoms with Gasteiger partial charge in [-0.15, -0.1) is 24.0 Å². The number of benzene rings is 1. The van der Waals surface area contributed by atoms with Crippen molar-refractivity contribution in [2.75, 3.05) is 33.8 Å². The Balaban J connectivity index is 0.00000450. The predicted molar refractivity (Wildman–Crippen MR) is 121 cm³/mol. The van der Waals surface area contributed by atoms with E-state index in [-0.39, 0.29) is 55.9 Å². The van der Waals surface area contributed by atoms with Crippen LogP contribution in [0.4, 0.5) is 13.2 Å². The highest BCUT2D eigenvalue weighted by Gasteiger charge is 2.50. The molecule has 1 fully saturated rings. The largest absolute Gasteiger partial charge is 0.511 e. The summed E-state index contributed by atoms with van der Waals surface area (Å²) in [5.41, 5.74) is -3.11. The first-order valence-electron chi connectivity index (χ1n) is 9.25. The summed E-state index contributed by atoms with van der Waals surface area (Å²) in [6, 6.07) is 5.83. The Bertz CT molecular complexity index is 826. The zero-order valence-electron chi connectivity index (χ0n) is 17.1. The summed E-state index contributed by atoms with van der Waals surface area (Å²) in [7, 11) is -2.03. The molecule has 0 radical (unpaired) electrons. The number of aryl methyl sites for hydroxylation is 1. The van der Waals surface area contributed by atoms with E-state index in [2.05, 4.69) is 15.6 Å². The van der Waals surface area contributed by atoms with Crippen LogP contribution in [0.3, 0.4) is 0 Å². The summed E-state index contributed by atoms with van der Waals surface area (Å²) in [5, 5.41) is 6.31. The lowest BCUT2D eigenvalue weighted by Crippen LogP contribution is -2.51. The number of rotatable bonds is 6. The maximum atomic E-state index is 12.6. The lowest BCUT2D eigenvalue weighted by atomic mass is 10.1. The zero-order chi connectivity index (χ0) is 21.7. The second-order valence-electron chi connectivity index (χ2n) is 6.82. The van der Waals surface area contributed by atoms with Gasteiger partial charge < -0.3 is 15.4 Å². The lowest BCUT2D eigenvalue weighted by Gasteiger charge is -2.32. The maximum Gasteiger partial charge on any atom is 0.511 e. The van der Waals surface area contributed by atoms with Gasteiger partial charge in [-0.25, -0.2) is 8.42 Å². The number of piperidine rings is 1. The number of sulfonamides is 1. The molecule has 172 valence electrons. The molecule has 0 bridgehead atoms. The average molecular weight is 564 g/mol. The third kappa shape index (κ3) is 6.87. The van der Waals surface area contributed by atoms with E-state index in [0.717, 1.165) is 23.3 Å². The quantitative estimate of drug-likeness (QED) is 0.316. The topological polar surface area (TPSA) is 83.0 Å². The summed E-state index contributed by atoms with van der Waals surface area (Å²) < 4.78 is 66.7. The van der Waals surface area contributed by atoms with Crippen molar-refractivity contribution in [3.8, 4) is 5.75 Å². The minimum absolute atomic E-state index is 0. The van der Waals surface area contributed by atoms with Gasteiger partial charge in [0.15, 0.2) is 5.96 Å². The highest BCUT2D eigenvalue weighted by molar-refractivity contribution is 14.0. The minimum Gasteiger partial charge on any atom is -0.496 e. The monoisotopic (exact) mass is 564 g/mol. The van der Waals surface area contributed by atoms with Crippen molar-refractivity contribution in [2.45, 2.75) is 37.7 Å². The molecule has 12 heteroatoms. The number of hydrogen-bond acceptors (Lipinski definition) is 4. The molecule has 2 N–H and O–H groups in total. The molecular weight excluding hydrogens is 536 g/mol. The second-order valence-corrected chi connectivity index (χ2v) is 8.75. The van der Waals surface area contributed by atoms with Gasteiger partial charge in [0.1, 0.15) is 5.75 Å². The van der Waals surface area contributed by atoms with Crippen LogP contribution in [0.5, 0.6) is 5.75 Å². The fourth-order valence-corrected chi connectivity index (χ4v) is 4.10. The molecule has 0 unspecified atom stereocenters. The van der Waals surface area contributed by atoms with E-state index in [1.54, 1.807) is 14.2 Å². The van der Waals surface area contributed by atoms with E-state index < -0.39 is 15.5 Å². The maximum absolute atomic E-state index is 12.6. The van der Waals surface area contributed by atoms with Crippen LogP contribution >= 0.6 is 24.0 Å². The van der Waals surface area contributed by atoms with Crippen LogP contribution in [0.15, 0.2) is 23.2 Å². The first kappa shape index (κ1) is 26.8. The fourth-order valence-electron chi connectivity index (χ4n) is 3.12. The zero-order valence-corrected chi connectivity index (χ0v) is 20.3. The number of ether oxygens (including phenoxy) is 1. The van der Waals surface area contributed by atoms with Crippen molar-refractivity contribution < 1.29 is 26.3 Å². The van der Waals surface area contributed by atoms with Gasteiger partial charge >= 0.3 is 15.5 Å². The van der Waals surface area contributed by atoms with E-state index in [1.807, 2.05) is 25.1 Å². The van der Waals surface area contributed by atoms with Gasteiger partial charge in [0.2, 0.25) is 0 Å². The van der Waals surface area contributed by atoms with Crippen molar-refractivity contribution >= 4 is 40.0 Å². The Hall–Kier alpha value is -1.28. The number of alkyl halides is 3. The standard InChI is InChI=1S/C18H27F3N4O3S.HI/c1-13-4-5-14(12-16(13)28-3)6-9-23-17(22-2)24-15-7-10-25(11-8-15)29(26,27)18(19,20)21;/h4-5,12,15H,6-11H2,1-3H3,(H2,22,23,24);1H. The number of nitrogens with zero attached hydrogens (tertiary/aromatic N) is 2. The summed E-state index contributed by atoms with van der Waals surface area (Å²) in [4.78, 5) is 4.13. The molecule has 1 aliphatic rings. The van der Waals surface area contributed by atoms with Gasteiger partial charge in [0.05, 0.1) is 7.11 Å². The van der Waals surface area contributed by atoms with Gasteiger partial charge in [0.25, 0.3) is 0 Å². The van der Waals surface area contributed by atoms with Crippen molar-refractivity contribution in [3.63, 3.8) is 0 Å². The molecule has 0 saturated carbocycles. The number of guanidine groups is 1. The van der Waals surface area contributed by atoms with Crippen molar-refractivity contribution in [3.05, 3.63) is 29.3 Å². The number of methoxy groups -OCH3 is 1. The molecule has 0 spiro atoms. The Morgan fingerprint density at radius 3 is 2.47 bits per heavy atom. The van der Waals surface area contributed by atoms with Crippen LogP contribution in [0.2, 0.25) is 0 Å². The fraction of sp³-hybridized carbons (Fsp3) is 0.611. The Kier molecular flexibility index (Phi) is 10.1. The van der Waals surface area contributed by atoms with Crippen molar-refractivity contribution in [1.82, 2.24) is 14.9 Å². The summed E-state index contributed by atoms with van der Waals surface area (Å²) in [6.07, 6.45) is 1.27. The van der Waals surface area contributed by atoms with Gasteiger partial charge in [0, 0.05) is 32.7 Å². The first-order valence-corrected chi connectivity index (χ1v) is 10.7. The van der Waals surface area contributed by atoms with Crippen LogP contribution in [0.1, 0.15) is 24.0 Å². The molecule has 30 heavy (non-hydrogen) atoms. The molecule has 0 aromatic heterocycles. The number of aliphatic imine (C=N–C) groups is 1. The highest BCUT2D eigenvalue weighted by atomic mass is 127. The normalized spacial score (nSPS) is 16.7. The third-order valence-electron chi connectivity index (χ3n) is 4.83. The van der Waals surface area contributed by atoms with Gasteiger partial charge in [-0.05, 0) is 43.4 Å². The first-order chi connectivity index (χ1) is 13.6. The summed E-state index contributed by atoms with van der Waals surface area (Å²) in [6.45, 7) is 2.21. The SMILES string of the molecule is CN=C(NCCc1ccc(C)c(OC)c1)NC1CCN(S(=O)(=O)C(F)(F)F)CC1.I. The molecule has 0 atom stereocenters. The van der Waals surface area contributed by atoms with E-state index in [0.29, 0.717) is 16.8 Å². The van der Waals surface area contributed by atoms with E-state index in [4.69, 9.17) is 4.74 Å². The van der Waals surface area contributed by atoms with Crippen molar-refractivity contribution in [2.24, 2.45) is 4.99 Å². The molecule has 2 rings (SSSR count). The number of nitrogens with one attached hydrogen (secondary N) is 2. The van der Waals surface area contributed by atoms with Crippen LogP contribution in [-0.4, -0.2) is 64.0 Å². The predicted octanol–water partition coefficient (Wildman–Crippen LogP) is 2.64. The molecule has 0 amide bonds. The van der Waals surface area contributed by atoms with Gasteiger partial charge in [-0.2, -0.15) is 17.5 Å². The second kappa shape index (κ2) is 11.4. The van der Waals surface area contributed by atoms with E-state index in [9.17, 15) is 21.6 Å². The van der Waals surface area contributed by atoms with Crippen LogP contribution in [0, 0.1) is 6.92 Å². The van der Waals surface area contributed by atoms with Gasteiger partial charge in [-0.1, -0.05) is 12.1 Å². The Morgan fingerprint density at radius 2 is 1.93 bits per heavy atom. The molecule has 1 aliphatic heterocycles.